The van der Waals surface area contributed by atoms with Crippen LogP contribution >= 0.6 is 11.8 Å². The topological polar surface area (TPSA) is 34.9 Å². The molecule has 1 aromatic heterocycles. The molecule has 0 aliphatic carbocycles. The summed E-state index contributed by atoms with van der Waals surface area (Å²) in [6, 6.07) is 4.13. The number of aryl methyl sites for hydroxylation is 2. The van der Waals surface area contributed by atoms with Crippen molar-refractivity contribution in [2.24, 2.45) is 0 Å². The molecule has 3 rings (SSSR count). The van der Waals surface area contributed by atoms with Gasteiger partial charge in [-0.1, -0.05) is 17.8 Å². The first-order valence-corrected chi connectivity index (χ1v) is 5.81. The van der Waals surface area contributed by atoms with Crippen LogP contribution in [0.5, 0.6) is 0 Å². The number of nitrogens with zero attached hydrogens (tertiary/aromatic N) is 2. The Morgan fingerprint density at radius 2 is 2.20 bits per heavy atom. The van der Waals surface area contributed by atoms with Crippen molar-refractivity contribution in [1.29, 1.82) is 0 Å². The monoisotopic (exact) mass is 218 g/mol. The van der Waals surface area contributed by atoms with E-state index in [9.17, 15) is 4.79 Å². The average Bonchev–Trinajstić information content (AvgIpc) is 2.68. The number of carbonyl (C=O) groups is 1. The SMILES string of the molecule is Cc1cc(C)c2nc3n(c2c1)C(=O)CS3. The molecule has 0 fully saturated rings. The summed E-state index contributed by atoms with van der Waals surface area (Å²) in [6.07, 6.45) is 0. The summed E-state index contributed by atoms with van der Waals surface area (Å²) in [5.74, 6) is 0.660. The highest BCUT2D eigenvalue weighted by atomic mass is 32.2. The predicted molar refractivity (Wildman–Crippen MR) is 60.6 cm³/mol. The van der Waals surface area contributed by atoms with Gasteiger partial charge in [0.1, 0.15) is 0 Å². The van der Waals surface area contributed by atoms with E-state index < -0.39 is 0 Å². The number of thioether (sulfide) groups is 1. The second kappa shape index (κ2) is 2.85. The number of hydrogen-bond acceptors (Lipinski definition) is 3. The molecule has 1 aromatic carbocycles. The third-order valence-electron chi connectivity index (χ3n) is 2.64. The Labute approximate surface area is 91.5 Å². The highest BCUT2D eigenvalue weighted by Gasteiger charge is 2.24. The van der Waals surface area contributed by atoms with Crippen molar-refractivity contribution < 1.29 is 4.79 Å². The molecule has 0 spiro atoms. The number of aromatic nitrogens is 2. The van der Waals surface area contributed by atoms with Crippen LogP contribution in [-0.4, -0.2) is 21.2 Å². The summed E-state index contributed by atoms with van der Waals surface area (Å²) in [7, 11) is 0. The molecule has 2 heterocycles. The fraction of sp³-hybridized carbons (Fsp3) is 0.273. The quantitative estimate of drug-likeness (QED) is 0.681. The van der Waals surface area contributed by atoms with Gasteiger partial charge >= 0.3 is 0 Å². The van der Waals surface area contributed by atoms with Gasteiger partial charge in [-0.15, -0.1) is 0 Å². The first-order chi connectivity index (χ1) is 7.16. The maximum absolute atomic E-state index is 11.7. The van der Waals surface area contributed by atoms with E-state index in [-0.39, 0.29) is 5.91 Å². The first kappa shape index (κ1) is 8.97. The third-order valence-corrected chi connectivity index (χ3v) is 3.56. The lowest BCUT2D eigenvalue weighted by atomic mass is 10.1. The maximum Gasteiger partial charge on any atom is 0.243 e. The largest absolute Gasteiger partial charge is 0.273 e. The van der Waals surface area contributed by atoms with E-state index in [0.29, 0.717) is 5.75 Å². The molecular formula is C11H10N2OS. The molecule has 1 aliphatic heterocycles. The van der Waals surface area contributed by atoms with Gasteiger partial charge in [-0.3, -0.25) is 9.36 Å². The Morgan fingerprint density at radius 1 is 1.40 bits per heavy atom. The number of hydrogen-bond donors (Lipinski definition) is 0. The Hall–Kier alpha value is -1.29. The molecule has 0 saturated heterocycles. The third kappa shape index (κ3) is 1.14. The minimum atomic E-state index is 0.141. The molecule has 0 atom stereocenters. The Morgan fingerprint density at radius 3 is 3.00 bits per heavy atom. The summed E-state index contributed by atoms with van der Waals surface area (Å²) in [6.45, 7) is 4.08. The van der Waals surface area contributed by atoms with Crippen molar-refractivity contribution in [2.45, 2.75) is 19.0 Å². The summed E-state index contributed by atoms with van der Waals surface area (Å²) < 4.78 is 1.74. The highest BCUT2D eigenvalue weighted by Crippen LogP contribution is 2.31. The van der Waals surface area contributed by atoms with Gasteiger partial charge in [-0.25, -0.2) is 4.98 Å². The van der Waals surface area contributed by atoms with Crippen LogP contribution in [-0.2, 0) is 0 Å². The highest BCUT2D eigenvalue weighted by molar-refractivity contribution is 8.00. The standard InChI is InChI=1S/C11H10N2OS/c1-6-3-7(2)10-8(4-6)13-9(14)5-15-11(13)12-10/h3-4H,5H2,1-2H3. The number of imidazole rings is 1. The minimum Gasteiger partial charge on any atom is -0.273 e. The molecule has 3 nitrogen and oxygen atoms in total. The van der Waals surface area contributed by atoms with Crippen molar-refractivity contribution in [3.05, 3.63) is 23.3 Å². The van der Waals surface area contributed by atoms with Crippen molar-refractivity contribution in [1.82, 2.24) is 9.55 Å². The van der Waals surface area contributed by atoms with Gasteiger partial charge in [-0.2, -0.15) is 0 Å². The Bertz CT molecular complexity index is 586. The van der Waals surface area contributed by atoms with Gasteiger partial charge < -0.3 is 0 Å². The van der Waals surface area contributed by atoms with E-state index in [1.54, 1.807) is 4.57 Å². The van der Waals surface area contributed by atoms with Gasteiger partial charge in [0.2, 0.25) is 5.91 Å². The van der Waals surface area contributed by atoms with E-state index in [4.69, 9.17) is 0 Å². The Balaban J connectivity index is 2.47. The molecule has 0 unspecified atom stereocenters. The van der Waals surface area contributed by atoms with E-state index in [1.165, 1.54) is 17.3 Å². The second-order valence-corrected chi connectivity index (χ2v) is 4.80. The van der Waals surface area contributed by atoms with Crippen molar-refractivity contribution >= 4 is 28.7 Å². The fourth-order valence-electron chi connectivity index (χ4n) is 2.03. The van der Waals surface area contributed by atoms with E-state index >= 15 is 0 Å². The normalized spacial score (nSPS) is 14.9. The van der Waals surface area contributed by atoms with Crippen LogP contribution in [0.2, 0.25) is 0 Å². The average molecular weight is 218 g/mol. The number of carbonyl (C=O) groups excluding carboxylic acids is 1. The summed E-state index contributed by atoms with van der Waals surface area (Å²) in [4.78, 5) is 16.2. The van der Waals surface area contributed by atoms with Gasteiger partial charge in [0.05, 0.1) is 16.8 Å². The summed E-state index contributed by atoms with van der Waals surface area (Å²) in [5.41, 5.74) is 4.22. The van der Waals surface area contributed by atoms with Gasteiger partial charge in [0.25, 0.3) is 0 Å². The van der Waals surface area contributed by atoms with E-state index in [2.05, 4.69) is 11.1 Å². The molecule has 76 valence electrons. The zero-order valence-corrected chi connectivity index (χ0v) is 9.39. The number of fused-ring (bicyclic) bond motifs is 3. The molecule has 2 aromatic rings. The van der Waals surface area contributed by atoms with Crippen LogP contribution in [0.25, 0.3) is 11.0 Å². The summed E-state index contributed by atoms with van der Waals surface area (Å²) in [5, 5.41) is 0.837. The molecule has 0 amide bonds. The van der Waals surface area contributed by atoms with Gasteiger partial charge in [0.15, 0.2) is 5.16 Å². The van der Waals surface area contributed by atoms with Crippen LogP contribution in [0.1, 0.15) is 15.9 Å². The van der Waals surface area contributed by atoms with Crippen LogP contribution in [0.4, 0.5) is 0 Å². The molecule has 1 aliphatic rings. The number of rotatable bonds is 0. The second-order valence-electron chi connectivity index (χ2n) is 3.86. The molecule has 0 saturated carbocycles. The molecule has 0 N–H and O–H groups in total. The van der Waals surface area contributed by atoms with Crippen molar-refractivity contribution in [2.75, 3.05) is 5.75 Å². The van der Waals surface area contributed by atoms with Crippen LogP contribution in [0.3, 0.4) is 0 Å². The first-order valence-electron chi connectivity index (χ1n) is 4.82. The van der Waals surface area contributed by atoms with Crippen LogP contribution in [0, 0.1) is 13.8 Å². The number of benzene rings is 1. The predicted octanol–water partition coefficient (Wildman–Crippen LogP) is 2.40. The molecule has 4 heteroatoms. The molecular weight excluding hydrogens is 208 g/mol. The lowest BCUT2D eigenvalue weighted by Crippen LogP contribution is -2.06. The van der Waals surface area contributed by atoms with Crippen LogP contribution < -0.4 is 0 Å². The molecule has 0 bridgehead atoms. The zero-order chi connectivity index (χ0) is 10.6. The zero-order valence-electron chi connectivity index (χ0n) is 8.57. The lowest BCUT2D eigenvalue weighted by molar-refractivity contribution is 0.0944. The van der Waals surface area contributed by atoms with E-state index in [1.807, 2.05) is 19.9 Å². The van der Waals surface area contributed by atoms with Crippen molar-refractivity contribution in [3.8, 4) is 0 Å². The van der Waals surface area contributed by atoms with E-state index in [0.717, 1.165) is 21.8 Å². The Kier molecular flexibility index (Phi) is 1.71. The molecule has 0 radical (unpaired) electrons. The smallest absolute Gasteiger partial charge is 0.243 e. The van der Waals surface area contributed by atoms with Gasteiger partial charge in [0, 0.05) is 0 Å². The van der Waals surface area contributed by atoms with Gasteiger partial charge in [-0.05, 0) is 31.0 Å². The summed E-state index contributed by atoms with van der Waals surface area (Å²) >= 11 is 1.52. The fourth-order valence-corrected chi connectivity index (χ4v) is 2.90. The van der Waals surface area contributed by atoms with Crippen LogP contribution in [0.15, 0.2) is 17.3 Å². The lowest BCUT2D eigenvalue weighted by Gasteiger charge is -2.00. The minimum absolute atomic E-state index is 0.141. The molecule has 15 heavy (non-hydrogen) atoms. The maximum atomic E-state index is 11.7. The van der Waals surface area contributed by atoms with Crippen molar-refractivity contribution in [3.63, 3.8) is 0 Å².